The van der Waals surface area contributed by atoms with E-state index in [0.717, 1.165) is 33.2 Å². The van der Waals surface area contributed by atoms with Crippen LogP contribution in [0.1, 0.15) is 42.0 Å². The van der Waals surface area contributed by atoms with Gasteiger partial charge in [-0.25, -0.2) is 5.01 Å². The zero-order chi connectivity index (χ0) is 25.4. The molecule has 0 bridgehead atoms. The second kappa shape index (κ2) is 9.72. The number of nitrogens with zero attached hydrogens (tertiary/aromatic N) is 2. The molecule has 7 nitrogen and oxygen atoms in total. The standard InChI is InChI=1S/C27H22ClN3O4S/c1-15-2-4-16(5-3-15)22-12-20(30-31(22)23(32)10-11-24(33)34)26-25(17-6-8-18(28)9-7-17)19-13-36-14-21(19)29-27(26)35/h2-9,13-14,22H,10-12H2,1H3,(H,29,35)(H,33,34)/t22-/m0/s1. The van der Waals surface area contributed by atoms with Crippen LogP contribution in [0.2, 0.25) is 5.02 Å². The van der Waals surface area contributed by atoms with Gasteiger partial charge in [0.1, 0.15) is 0 Å². The van der Waals surface area contributed by atoms with E-state index in [4.69, 9.17) is 16.7 Å². The summed E-state index contributed by atoms with van der Waals surface area (Å²) in [6.45, 7) is 1.98. The van der Waals surface area contributed by atoms with Gasteiger partial charge in [0.05, 0.1) is 29.3 Å². The molecule has 182 valence electrons. The van der Waals surface area contributed by atoms with Crippen molar-refractivity contribution in [3.63, 3.8) is 0 Å². The monoisotopic (exact) mass is 519 g/mol. The van der Waals surface area contributed by atoms with E-state index < -0.39 is 17.9 Å². The maximum absolute atomic E-state index is 13.4. The molecular formula is C27H22ClN3O4S. The SMILES string of the molecule is Cc1ccc([C@@H]2CC(c3c(-c4ccc(Cl)cc4)c4cscc4[nH]c3=O)=NN2C(=O)CCC(=O)O)cc1. The highest BCUT2D eigenvalue weighted by molar-refractivity contribution is 7.09. The Bertz CT molecular complexity index is 1550. The number of rotatable bonds is 6. The van der Waals surface area contributed by atoms with Crippen molar-refractivity contribution in [2.75, 3.05) is 0 Å². The first kappa shape index (κ1) is 24.0. The van der Waals surface area contributed by atoms with Crippen LogP contribution in [0.3, 0.4) is 0 Å². The number of H-pyrrole nitrogens is 1. The van der Waals surface area contributed by atoms with E-state index in [1.807, 2.05) is 54.1 Å². The van der Waals surface area contributed by atoms with Crippen molar-refractivity contribution in [3.8, 4) is 11.1 Å². The number of pyridine rings is 1. The van der Waals surface area contributed by atoms with Gasteiger partial charge < -0.3 is 10.1 Å². The van der Waals surface area contributed by atoms with Gasteiger partial charge >= 0.3 is 5.97 Å². The molecule has 0 aliphatic carbocycles. The number of hydrogen-bond acceptors (Lipinski definition) is 5. The molecule has 1 aliphatic heterocycles. The first-order valence-corrected chi connectivity index (χ1v) is 12.7. The number of benzene rings is 2. The van der Waals surface area contributed by atoms with Gasteiger partial charge in [-0.2, -0.15) is 5.10 Å². The van der Waals surface area contributed by atoms with Crippen LogP contribution in [-0.2, 0) is 9.59 Å². The summed E-state index contributed by atoms with van der Waals surface area (Å²) in [7, 11) is 0. The predicted molar refractivity (Wildman–Crippen MR) is 142 cm³/mol. The number of carbonyl (C=O) groups excluding carboxylic acids is 1. The molecule has 0 saturated heterocycles. The summed E-state index contributed by atoms with van der Waals surface area (Å²) in [5, 5.41) is 20.4. The van der Waals surface area contributed by atoms with E-state index in [2.05, 4.69) is 10.1 Å². The zero-order valence-electron chi connectivity index (χ0n) is 19.3. The number of aliphatic carboxylic acids is 1. The molecule has 36 heavy (non-hydrogen) atoms. The Morgan fingerprint density at radius 3 is 2.50 bits per heavy atom. The Hall–Kier alpha value is -3.75. The fourth-order valence-corrected chi connectivity index (χ4v) is 5.38. The number of aromatic amines is 1. The van der Waals surface area contributed by atoms with Crippen LogP contribution in [0.25, 0.3) is 22.0 Å². The maximum atomic E-state index is 13.4. The Morgan fingerprint density at radius 2 is 1.81 bits per heavy atom. The lowest BCUT2D eigenvalue weighted by Gasteiger charge is -2.22. The minimum Gasteiger partial charge on any atom is -0.481 e. The van der Waals surface area contributed by atoms with E-state index in [1.54, 1.807) is 12.1 Å². The average Bonchev–Trinajstić information content (AvgIpc) is 3.50. The van der Waals surface area contributed by atoms with Crippen LogP contribution in [-0.4, -0.2) is 32.7 Å². The van der Waals surface area contributed by atoms with Crippen LogP contribution in [0.4, 0.5) is 0 Å². The van der Waals surface area contributed by atoms with Gasteiger partial charge in [0, 0.05) is 39.6 Å². The minimum atomic E-state index is -1.05. The average molecular weight is 520 g/mol. The van der Waals surface area contributed by atoms with E-state index in [1.165, 1.54) is 16.3 Å². The smallest absolute Gasteiger partial charge is 0.303 e. The number of hydrazone groups is 1. The summed E-state index contributed by atoms with van der Waals surface area (Å²) in [5.74, 6) is -1.46. The molecule has 5 rings (SSSR count). The lowest BCUT2D eigenvalue weighted by atomic mass is 9.92. The van der Waals surface area contributed by atoms with E-state index >= 15 is 0 Å². The van der Waals surface area contributed by atoms with Crippen LogP contribution < -0.4 is 5.56 Å². The molecule has 3 heterocycles. The highest BCUT2D eigenvalue weighted by Gasteiger charge is 2.35. The maximum Gasteiger partial charge on any atom is 0.303 e. The molecular weight excluding hydrogens is 498 g/mol. The van der Waals surface area contributed by atoms with Crippen LogP contribution in [0, 0.1) is 6.92 Å². The van der Waals surface area contributed by atoms with Crippen molar-refractivity contribution in [1.82, 2.24) is 9.99 Å². The molecule has 2 N–H and O–H groups in total. The number of fused-ring (bicyclic) bond motifs is 1. The molecule has 2 aromatic carbocycles. The number of hydrogen-bond donors (Lipinski definition) is 2. The van der Waals surface area contributed by atoms with Crippen molar-refractivity contribution in [2.45, 2.75) is 32.2 Å². The number of halogens is 1. The second-order valence-electron chi connectivity index (χ2n) is 8.72. The molecule has 0 radical (unpaired) electrons. The highest BCUT2D eigenvalue weighted by Crippen LogP contribution is 2.38. The summed E-state index contributed by atoms with van der Waals surface area (Å²) in [6, 6.07) is 14.6. The number of aryl methyl sites for hydroxylation is 1. The quantitative estimate of drug-likeness (QED) is 0.338. The highest BCUT2D eigenvalue weighted by atomic mass is 35.5. The third-order valence-electron chi connectivity index (χ3n) is 6.26. The summed E-state index contributed by atoms with van der Waals surface area (Å²) in [5.41, 5.74) is 4.78. The van der Waals surface area contributed by atoms with Gasteiger partial charge in [-0.3, -0.25) is 14.4 Å². The van der Waals surface area contributed by atoms with Gasteiger partial charge in [-0.05, 0) is 30.2 Å². The topological polar surface area (TPSA) is 103 Å². The fourth-order valence-electron chi connectivity index (χ4n) is 4.48. The van der Waals surface area contributed by atoms with Crippen molar-refractivity contribution in [1.29, 1.82) is 0 Å². The second-order valence-corrected chi connectivity index (χ2v) is 9.90. The summed E-state index contributed by atoms with van der Waals surface area (Å²) >= 11 is 7.60. The first-order chi connectivity index (χ1) is 17.3. The van der Waals surface area contributed by atoms with Gasteiger partial charge in [0.15, 0.2) is 0 Å². The molecule has 9 heteroatoms. The van der Waals surface area contributed by atoms with Gasteiger partial charge in [0.2, 0.25) is 5.91 Å². The molecule has 4 aromatic rings. The number of amides is 1. The third-order valence-corrected chi connectivity index (χ3v) is 7.25. The molecule has 0 unspecified atom stereocenters. The Kier molecular flexibility index (Phi) is 6.47. The van der Waals surface area contributed by atoms with Gasteiger partial charge in [0.25, 0.3) is 5.56 Å². The van der Waals surface area contributed by atoms with Gasteiger partial charge in [-0.1, -0.05) is 53.6 Å². The van der Waals surface area contributed by atoms with Crippen molar-refractivity contribution >= 4 is 51.4 Å². The minimum absolute atomic E-state index is 0.182. The number of nitrogens with one attached hydrogen (secondary N) is 1. The molecule has 2 aromatic heterocycles. The number of carboxylic acid groups (broad SMARTS) is 1. The number of aromatic nitrogens is 1. The van der Waals surface area contributed by atoms with Crippen molar-refractivity contribution < 1.29 is 14.7 Å². The van der Waals surface area contributed by atoms with Gasteiger partial charge in [-0.15, -0.1) is 11.3 Å². The summed E-state index contributed by atoms with van der Waals surface area (Å²) in [4.78, 5) is 40.6. The van der Waals surface area contributed by atoms with E-state index in [0.29, 0.717) is 22.7 Å². The van der Waals surface area contributed by atoms with Crippen LogP contribution >= 0.6 is 22.9 Å². The van der Waals surface area contributed by atoms with E-state index in [9.17, 15) is 14.4 Å². The molecule has 1 aliphatic rings. The molecule has 0 spiro atoms. The largest absolute Gasteiger partial charge is 0.481 e. The molecule has 1 amide bonds. The first-order valence-electron chi connectivity index (χ1n) is 11.4. The summed E-state index contributed by atoms with van der Waals surface area (Å²) < 4.78 is 0. The van der Waals surface area contributed by atoms with Crippen LogP contribution in [0.15, 0.2) is 69.2 Å². The molecule has 0 saturated carbocycles. The molecule has 0 fully saturated rings. The Morgan fingerprint density at radius 1 is 1.08 bits per heavy atom. The summed E-state index contributed by atoms with van der Waals surface area (Å²) in [6.07, 6.45) is -0.155. The van der Waals surface area contributed by atoms with E-state index in [-0.39, 0.29) is 18.4 Å². The van der Waals surface area contributed by atoms with Crippen molar-refractivity contribution in [3.05, 3.63) is 91.4 Å². The number of thiophene rings is 1. The normalized spacial score (nSPS) is 15.3. The van der Waals surface area contributed by atoms with Crippen molar-refractivity contribution in [2.24, 2.45) is 5.10 Å². The third kappa shape index (κ3) is 4.57. The fraction of sp³-hybridized carbons (Fsp3) is 0.185. The number of carbonyl (C=O) groups is 2. The Balaban J connectivity index is 1.66. The number of carboxylic acids is 1. The molecule has 1 atom stereocenters. The lowest BCUT2D eigenvalue weighted by Crippen LogP contribution is -2.27. The lowest BCUT2D eigenvalue weighted by molar-refractivity contribution is -0.141. The predicted octanol–water partition coefficient (Wildman–Crippen LogP) is 5.76. The zero-order valence-corrected chi connectivity index (χ0v) is 20.9. The Labute approximate surface area is 215 Å². The van der Waals surface area contributed by atoms with Crippen LogP contribution in [0.5, 0.6) is 0 Å².